The van der Waals surface area contributed by atoms with E-state index in [1.807, 2.05) is 0 Å². The fourth-order valence-corrected chi connectivity index (χ4v) is 2.98. The summed E-state index contributed by atoms with van der Waals surface area (Å²) in [6.45, 7) is -0.429. The quantitative estimate of drug-likeness (QED) is 0.573. The van der Waals surface area contributed by atoms with Gasteiger partial charge in [0.2, 0.25) is 0 Å². The molecule has 6 nitrogen and oxygen atoms in total. The molecule has 0 saturated heterocycles. The molecule has 1 heterocycles. The van der Waals surface area contributed by atoms with Crippen molar-refractivity contribution in [3.8, 4) is 22.8 Å². The van der Waals surface area contributed by atoms with Gasteiger partial charge < -0.3 is 24.3 Å². The molecule has 0 saturated carbocycles. The molecule has 0 atom stereocenters. The number of anilines is 1. The van der Waals surface area contributed by atoms with Gasteiger partial charge in [-0.2, -0.15) is 0 Å². The fourth-order valence-electron chi connectivity index (χ4n) is 2.52. The molecule has 0 aliphatic rings. The van der Waals surface area contributed by atoms with Crippen LogP contribution in [0.4, 0.5) is 5.69 Å². The topological polar surface area (TPSA) is 80.9 Å². The van der Waals surface area contributed by atoms with Crippen molar-refractivity contribution in [3.63, 3.8) is 0 Å². The number of carbonyl (C=O) groups is 1. The molecular formula is C20H17Cl2NO5. The van der Waals surface area contributed by atoms with Crippen molar-refractivity contribution in [1.29, 1.82) is 0 Å². The monoisotopic (exact) mass is 421 g/mol. The van der Waals surface area contributed by atoms with Gasteiger partial charge in [-0.1, -0.05) is 23.2 Å². The van der Waals surface area contributed by atoms with Crippen LogP contribution in [0, 0.1) is 0 Å². The van der Waals surface area contributed by atoms with Crippen LogP contribution in [-0.4, -0.2) is 24.7 Å². The Bertz CT molecular complexity index is 986. The molecule has 2 N–H and O–H groups in total. The van der Waals surface area contributed by atoms with Crippen LogP contribution in [0.5, 0.6) is 11.5 Å². The average Bonchev–Trinajstić information content (AvgIpc) is 3.16. The molecule has 0 fully saturated rings. The molecule has 0 spiro atoms. The number of hydrogen-bond acceptors (Lipinski definition) is 5. The van der Waals surface area contributed by atoms with Gasteiger partial charge in [-0.15, -0.1) is 0 Å². The molecule has 0 unspecified atom stereocenters. The molecular weight excluding hydrogens is 405 g/mol. The maximum absolute atomic E-state index is 12.2. The number of halogens is 2. The molecule has 0 radical (unpaired) electrons. The van der Waals surface area contributed by atoms with Gasteiger partial charge in [0.1, 0.15) is 29.6 Å². The number of carbonyl (C=O) groups excluding carboxylic acids is 1. The maximum Gasteiger partial charge on any atom is 0.262 e. The van der Waals surface area contributed by atoms with Gasteiger partial charge in [-0.3, -0.25) is 4.79 Å². The first kappa shape index (κ1) is 20.1. The van der Waals surface area contributed by atoms with E-state index in [0.29, 0.717) is 44.3 Å². The Morgan fingerprint density at radius 3 is 2.57 bits per heavy atom. The molecule has 3 rings (SSSR count). The second-order valence-electron chi connectivity index (χ2n) is 5.75. The minimum Gasteiger partial charge on any atom is -0.496 e. The Hall–Kier alpha value is -2.67. The van der Waals surface area contributed by atoms with E-state index in [2.05, 4.69) is 5.32 Å². The van der Waals surface area contributed by atoms with Crippen molar-refractivity contribution in [3.05, 3.63) is 64.3 Å². The number of aliphatic hydroxyl groups excluding tert-OH is 1. The molecule has 1 aromatic heterocycles. The van der Waals surface area contributed by atoms with Crippen LogP contribution in [0.2, 0.25) is 10.0 Å². The fraction of sp³-hybridized carbons (Fsp3) is 0.150. The number of methoxy groups -OCH3 is 1. The highest BCUT2D eigenvalue weighted by molar-refractivity contribution is 6.35. The van der Waals surface area contributed by atoms with Crippen LogP contribution in [0.15, 0.2) is 52.9 Å². The first-order chi connectivity index (χ1) is 13.5. The Morgan fingerprint density at radius 1 is 1.11 bits per heavy atom. The van der Waals surface area contributed by atoms with Crippen LogP contribution in [0.1, 0.15) is 5.76 Å². The van der Waals surface area contributed by atoms with Gasteiger partial charge in [-0.25, -0.2) is 0 Å². The Balaban J connectivity index is 1.71. The number of hydrogen-bond donors (Lipinski definition) is 2. The predicted octanol–water partition coefficient (Wildman–Crippen LogP) is 4.77. The van der Waals surface area contributed by atoms with E-state index in [4.69, 9.17) is 37.1 Å². The number of benzene rings is 2. The first-order valence-electron chi connectivity index (χ1n) is 8.26. The average molecular weight is 422 g/mol. The molecule has 0 aliphatic heterocycles. The maximum atomic E-state index is 12.2. The highest BCUT2D eigenvalue weighted by Crippen LogP contribution is 2.34. The van der Waals surface area contributed by atoms with Crippen molar-refractivity contribution in [2.45, 2.75) is 6.61 Å². The van der Waals surface area contributed by atoms with E-state index in [1.165, 1.54) is 13.2 Å². The van der Waals surface area contributed by atoms with E-state index in [9.17, 15) is 9.90 Å². The number of nitrogens with one attached hydrogen (secondary N) is 1. The van der Waals surface area contributed by atoms with Crippen LogP contribution in [0.3, 0.4) is 0 Å². The molecule has 1 amide bonds. The van der Waals surface area contributed by atoms with E-state index in [1.54, 1.807) is 42.5 Å². The van der Waals surface area contributed by atoms with Gasteiger partial charge in [0.05, 0.1) is 17.7 Å². The zero-order valence-electron chi connectivity index (χ0n) is 14.9. The Morgan fingerprint density at radius 2 is 1.89 bits per heavy atom. The molecule has 2 aromatic carbocycles. The number of amides is 1. The van der Waals surface area contributed by atoms with Gasteiger partial charge >= 0.3 is 0 Å². The predicted molar refractivity (Wildman–Crippen MR) is 107 cm³/mol. The number of furan rings is 1. The van der Waals surface area contributed by atoms with Gasteiger partial charge in [0.25, 0.3) is 5.91 Å². The summed E-state index contributed by atoms with van der Waals surface area (Å²) in [5.74, 6) is 1.52. The zero-order chi connectivity index (χ0) is 20.1. The second kappa shape index (κ2) is 9.01. The lowest BCUT2D eigenvalue weighted by Gasteiger charge is -2.11. The highest BCUT2D eigenvalue weighted by Gasteiger charge is 2.13. The zero-order valence-corrected chi connectivity index (χ0v) is 16.4. The van der Waals surface area contributed by atoms with Crippen LogP contribution < -0.4 is 14.8 Å². The molecule has 8 heteroatoms. The van der Waals surface area contributed by atoms with Crippen LogP contribution in [-0.2, 0) is 11.4 Å². The third kappa shape index (κ3) is 4.78. The third-order valence-corrected chi connectivity index (χ3v) is 4.35. The number of rotatable bonds is 7. The van der Waals surface area contributed by atoms with E-state index in [-0.39, 0.29) is 19.1 Å². The van der Waals surface area contributed by atoms with E-state index < -0.39 is 0 Å². The summed E-state index contributed by atoms with van der Waals surface area (Å²) in [7, 11) is 1.54. The molecule has 0 aliphatic carbocycles. The molecule has 28 heavy (non-hydrogen) atoms. The van der Waals surface area contributed by atoms with Crippen molar-refractivity contribution in [2.24, 2.45) is 0 Å². The lowest BCUT2D eigenvalue weighted by molar-refractivity contribution is -0.118. The largest absolute Gasteiger partial charge is 0.496 e. The lowest BCUT2D eigenvalue weighted by Crippen LogP contribution is -2.20. The molecule has 146 valence electrons. The molecule has 0 bridgehead atoms. The summed E-state index contributed by atoms with van der Waals surface area (Å²) in [4.78, 5) is 12.2. The summed E-state index contributed by atoms with van der Waals surface area (Å²) in [5.41, 5.74) is 1.18. The summed E-state index contributed by atoms with van der Waals surface area (Å²) >= 11 is 11.9. The van der Waals surface area contributed by atoms with Crippen molar-refractivity contribution < 1.29 is 23.8 Å². The van der Waals surface area contributed by atoms with Gasteiger partial charge in [0, 0.05) is 10.7 Å². The summed E-state index contributed by atoms with van der Waals surface area (Å²) in [6, 6.07) is 13.3. The van der Waals surface area contributed by atoms with Crippen molar-refractivity contribution >= 4 is 34.8 Å². The second-order valence-corrected chi connectivity index (χ2v) is 6.59. The third-order valence-electron chi connectivity index (χ3n) is 3.82. The normalized spacial score (nSPS) is 10.6. The van der Waals surface area contributed by atoms with Crippen LogP contribution in [0.25, 0.3) is 11.3 Å². The molecule has 3 aromatic rings. The van der Waals surface area contributed by atoms with Crippen molar-refractivity contribution in [2.75, 3.05) is 19.0 Å². The number of ether oxygens (including phenoxy) is 2. The van der Waals surface area contributed by atoms with Crippen LogP contribution >= 0.6 is 23.2 Å². The minimum atomic E-state index is -0.363. The summed E-state index contributed by atoms with van der Waals surface area (Å²) in [6.07, 6.45) is 0. The van der Waals surface area contributed by atoms with Crippen molar-refractivity contribution in [1.82, 2.24) is 0 Å². The van der Waals surface area contributed by atoms with Gasteiger partial charge in [0.15, 0.2) is 6.61 Å². The first-order valence-corrected chi connectivity index (χ1v) is 9.01. The van der Waals surface area contributed by atoms with E-state index >= 15 is 0 Å². The van der Waals surface area contributed by atoms with Gasteiger partial charge in [-0.05, 0) is 48.5 Å². The number of aliphatic hydroxyl groups is 1. The SMILES string of the molecule is COc1ccc(NC(=O)COc2ccc(Cl)cc2Cl)cc1-c1ccc(CO)o1. The smallest absolute Gasteiger partial charge is 0.262 e. The Labute approximate surface area is 171 Å². The Kier molecular flexibility index (Phi) is 6.46. The summed E-state index contributed by atoms with van der Waals surface area (Å²) < 4.78 is 16.3. The lowest BCUT2D eigenvalue weighted by atomic mass is 10.1. The standard InChI is InChI=1S/C20H17Cl2NO5/c1-26-17-6-3-13(9-15(17)18-7-4-14(10-24)28-18)23-20(25)11-27-19-5-2-12(21)8-16(19)22/h2-9,24H,10-11H2,1H3,(H,23,25). The summed E-state index contributed by atoms with van der Waals surface area (Å²) in [5, 5.41) is 12.7. The van der Waals surface area contributed by atoms with E-state index in [0.717, 1.165) is 0 Å². The minimum absolute atomic E-state index is 0.205. The highest BCUT2D eigenvalue weighted by atomic mass is 35.5.